The highest BCUT2D eigenvalue weighted by atomic mass is 35.5. The fourth-order valence-electron chi connectivity index (χ4n) is 2.92. The Kier molecular flexibility index (Phi) is 4.89. The van der Waals surface area contributed by atoms with Gasteiger partial charge in [-0.25, -0.2) is 9.18 Å². The third-order valence-corrected chi connectivity index (χ3v) is 4.70. The lowest BCUT2D eigenvalue weighted by atomic mass is 9.92. The molecule has 1 atom stereocenters. The van der Waals surface area contributed by atoms with E-state index in [1.165, 1.54) is 31.2 Å². The van der Waals surface area contributed by atoms with Crippen LogP contribution in [0.4, 0.5) is 14.9 Å². The average molecular weight is 390 g/mol. The number of anilines is 1. The maximum Gasteiger partial charge on any atom is 0.325 e. The smallest absolute Gasteiger partial charge is 0.324 e. The largest absolute Gasteiger partial charge is 0.325 e. The predicted octanol–water partition coefficient (Wildman–Crippen LogP) is 3.19. The van der Waals surface area contributed by atoms with E-state index in [0.29, 0.717) is 16.3 Å². The Labute approximate surface area is 160 Å². The predicted molar refractivity (Wildman–Crippen MR) is 98.8 cm³/mol. The van der Waals surface area contributed by atoms with Gasteiger partial charge < -0.3 is 10.6 Å². The number of benzene rings is 2. The molecule has 0 spiro atoms. The van der Waals surface area contributed by atoms with Gasteiger partial charge in [0.15, 0.2) is 0 Å². The molecule has 1 heterocycles. The minimum atomic E-state index is -1.36. The molecule has 1 saturated heterocycles. The number of nitrogens with one attached hydrogen (secondary N) is 2. The zero-order valence-corrected chi connectivity index (χ0v) is 15.4. The molecule has 4 amide bonds. The summed E-state index contributed by atoms with van der Waals surface area (Å²) in [7, 11) is 0. The van der Waals surface area contributed by atoms with Gasteiger partial charge in [0.05, 0.1) is 0 Å². The van der Waals surface area contributed by atoms with Crippen molar-refractivity contribution in [3.05, 3.63) is 64.4 Å². The Morgan fingerprint density at radius 3 is 2.52 bits per heavy atom. The Balaban J connectivity index is 1.75. The maximum absolute atomic E-state index is 13.1. The van der Waals surface area contributed by atoms with Crippen molar-refractivity contribution in [2.45, 2.75) is 19.4 Å². The van der Waals surface area contributed by atoms with Crippen LogP contribution >= 0.6 is 11.6 Å². The van der Waals surface area contributed by atoms with E-state index in [9.17, 15) is 18.8 Å². The third-order valence-electron chi connectivity index (χ3n) is 4.46. The summed E-state index contributed by atoms with van der Waals surface area (Å²) in [4.78, 5) is 38.2. The highest BCUT2D eigenvalue weighted by Gasteiger charge is 2.49. The molecule has 2 aromatic rings. The molecule has 0 bridgehead atoms. The number of carbonyl (C=O) groups is 3. The van der Waals surface area contributed by atoms with E-state index in [1.807, 2.05) is 0 Å². The van der Waals surface area contributed by atoms with Crippen LogP contribution in [0.25, 0.3) is 0 Å². The second kappa shape index (κ2) is 7.00. The molecule has 1 aliphatic heterocycles. The summed E-state index contributed by atoms with van der Waals surface area (Å²) in [6.45, 7) is 2.85. The van der Waals surface area contributed by atoms with E-state index < -0.39 is 35.7 Å². The number of imide groups is 1. The number of rotatable bonds is 4. The van der Waals surface area contributed by atoms with E-state index in [2.05, 4.69) is 10.6 Å². The fourth-order valence-corrected chi connectivity index (χ4v) is 3.15. The molecule has 6 nitrogen and oxygen atoms in total. The van der Waals surface area contributed by atoms with Crippen LogP contribution < -0.4 is 10.6 Å². The quantitative estimate of drug-likeness (QED) is 0.788. The zero-order valence-electron chi connectivity index (χ0n) is 14.7. The van der Waals surface area contributed by atoms with Gasteiger partial charge in [0.2, 0.25) is 5.91 Å². The second-order valence-electron chi connectivity index (χ2n) is 6.46. The number of amides is 4. The molecular weight excluding hydrogens is 373 g/mol. The van der Waals surface area contributed by atoms with Gasteiger partial charge in [0.1, 0.15) is 17.9 Å². The van der Waals surface area contributed by atoms with E-state index in [4.69, 9.17) is 11.6 Å². The van der Waals surface area contributed by atoms with Crippen molar-refractivity contribution in [2.75, 3.05) is 11.9 Å². The van der Waals surface area contributed by atoms with E-state index >= 15 is 0 Å². The summed E-state index contributed by atoms with van der Waals surface area (Å²) in [5, 5.41) is 5.77. The Bertz CT molecular complexity index is 932. The first-order valence-electron chi connectivity index (χ1n) is 8.17. The van der Waals surface area contributed by atoms with Crippen molar-refractivity contribution in [3.8, 4) is 0 Å². The summed E-state index contributed by atoms with van der Waals surface area (Å²) >= 11 is 5.89. The normalized spacial score (nSPS) is 19.2. The third kappa shape index (κ3) is 3.64. The van der Waals surface area contributed by atoms with Gasteiger partial charge in [0, 0.05) is 10.7 Å². The monoisotopic (exact) mass is 389 g/mol. The standard InChI is InChI=1S/C19H17ClFN3O3/c1-11-9-13(20)5-8-15(11)22-16(25)10-24-17(26)19(2,23-18(24)27)12-3-6-14(21)7-4-12/h3-9H,10H2,1-2H3,(H,22,25)(H,23,27). The van der Waals surface area contributed by atoms with Crippen molar-refractivity contribution in [1.82, 2.24) is 10.2 Å². The topological polar surface area (TPSA) is 78.5 Å². The van der Waals surface area contributed by atoms with Crippen molar-refractivity contribution < 1.29 is 18.8 Å². The van der Waals surface area contributed by atoms with Crippen molar-refractivity contribution in [2.24, 2.45) is 0 Å². The van der Waals surface area contributed by atoms with E-state index in [-0.39, 0.29) is 0 Å². The van der Waals surface area contributed by atoms with Crippen LogP contribution in [0.5, 0.6) is 0 Å². The van der Waals surface area contributed by atoms with Crippen LogP contribution in [0.3, 0.4) is 0 Å². The Morgan fingerprint density at radius 2 is 1.89 bits per heavy atom. The lowest BCUT2D eigenvalue weighted by molar-refractivity contribution is -0.133. The van der Waals surface area contributed by atoms with Crippen LogP contribution in [-0.2, 0) is 15.1 Å². The first kappa shape index (κ1) is 18.8. The number of halogens is 2. The number of hydrogen-bond donors (Lipinski definition) is 2. The number of hydrogen-bond acceptors (Lipinski definition) is 3. The number of carbonyl (C=O) groups excluding carboxylic acids is 3. The minimum absolute atomic E-state index is 0.429. The van der Waals surface area contributed by atoms with E-state index in [1.54, 1.807) is 25.1 Å². The van der Waals surface area contributed by atoms with Gasteiger partial charge in [-0.05, 0) is 55.3 Å². The molecular formula is C19H17ClFN3O3. The van der Waals surface area contributed by atoms with Crippen LogP contribution in [0.2, 0.25) is 5.02 Å². The first-order chi connectivity index (χ1) is 12.7. The highest BCUT2D eigenvalue weighted by molar-refractivity contribution is 6.30. The Morgan fingerprint density at radius 1 is 1.22 bits per heavy atom. The summed E-state index contributed by atoms with van der Waals surface area (Å²) in [6, 6.07) is 9.54. The van der Waals surface area contributed by atoms with Crippen molar-refractivity contribution in [1.29, 1.82) is 0 Å². The zero-order chi connectivity index (χ0) is 19.8. The lowest BCUT2D eigenvalue weighted by Gasteiger charge is -2.22. The summed E-state index contributed by atoms with van der Waals surface area (Å²) in [5.74, 6) is -1.55. The van der Waals surface area contributed by atoms with Gasteiger partial charge in [-0.2, -0.15) is 0 Å². The van der Waals surface area contributed by atoms with Gasteiger partial charge in [-0.3, -0.25) is 14.5 Å². The highest BCUT2D eigenvalue weighted by Crippen LogP contribution is 2.29. The van der Waals surface area contributed by atoms with E-state index in [0.717, 1.165) is 10.5 Å². The summed E-state index contributed by atoms with van der Waals surface area (Å²) in [6.07, 6.45) is 0. The van der Waals surface area contributed by atoms with Crippen LogP contribution in [0.1, 0.15) is 18.1 Å². The van der Waals surface area contributed by atoms with Crippen LogP contribution in [0.15, 0.2) is 42.5 Å². The van der Waals surface area contributed by atoms with Crippen LogP contribution in [-0.4, -0.2) is 29.3 Å². The number of aryl methyl sites for hydroxylation is 1. The SMILES string of the molecule is Cc1cc(Cl)ccc1NC(=O)CN1C(=O)NC(C)(c2ccc(F)cc2)C1=O. The lowest BCUT2D eigenvalue weighted by Crippen LogP contribution is -2.42. The molecule has 27 heavy (non-hydrogen) atoms. The maximum atomic E-state index is 13.1. The molecule has 1 unspecified atom stereocenters. The number of nitrogens with zero attached hydrogens (tertiary/aromatic N) is 1. The molecule has 0 aliphatic carbocycles. The second-order valence-corrected chi connectivity index (χ2v) is 6.90. The average Bonchev–Trinajstić information content (AvgIpc) is 2.82. The summed E-state index contributed by atoms with van der Waals surface area (Å²) in [5.41, 5.74) is 0.363. The van der Waals surface area contributed by atoms with Gasteiger partial charge in [-0.15, -0.1) is 0 Å². The molecule has 140 valence electrons. The van der Waals surface area contributed by atoms with Gasteiger partial charge >= 0.3 is 6.03 Å². The van der Waals surface area contributed by atoms with Crippen molar-refractivity contribution >= 4 is 35.1 Å². The molecule has 8 heteroatoms. The van der Waals surface area contributed by atoms with Crippen LogP contribution in [0, 0.1) is 12.7 Å². The molecule has 2 N–H and O–H groups in total. The minimum Gasteiger partial charge on any atom is -0.324 e. The molecule has 1 aliphatic rings. The number of urea groups is 1. The van der Waals surface area contributed by atoms with Crippen molar-refractivity contribution in [3.63, 3.8) is 0 Å². The molecule has 1 fully saturated rings. The van der Waals surface area contributed by atoms with Gasteiger partial charge in [0.25, 0.3) is 5.91 Å². The Hall–Kier alpha value is -2.93. The molecule has 0 radical (unpaired) electrons. The molecule has 2 aromatic carbocycles. The molecule has 3 rings (SSSR count). The molecule has 0 saturated carbocycles. The molecule has 0 aromatic heterocycles. The first-order valence-corrected chi connectivity index (χ1v) is 8.54. The fraction of sp³-hybridized carbons (Fsp3) is 0.211. The summed E-state index contributed by atoms with van der Waals surface area (Å²) < 4.78 is 13.1. The van der Waals surface area contributed by atoms with Gasteiger partial charge in [-0.1, -0.05) is 23.7 Å².